The van der Waals surface area contributed by atoms with E-state index in [0.717, 1.165) is 18.2 Å². The summed E-state index contributed by atoms with van der Waals surface area (Å²) in [5.74, 6) is -2.91. The lowest BCUT2D eigenvalue weighted by Gasteiger charge is -2.25. The van der Waals surface area contributed by atoms with Crippen molar-refractivity contribution in [3.8, 4) is 5.75 Å². The molecular formula is C24H24F4N2O4. The van der Waals surface area contributed by atoms with Crippen molar-refractivity contribution in [2.75, 3.05) is 0 Å². The first-order valence-corrected chi connectivity index (χ1v) is 9.88. The molecular weight excluding hydrogens is 456 g/mol. The largest absolute Gasteiger partial charge is 0.486 e. The number of fused-ring (bicyclic) bond motifs is 1. The Morgan fingerprint density at radius 1 is 1.12 bits per heavy atom. The predicted octanol–water partition coefficient (Wildman–Crippen LogP) is 5.59. The summed E-state index contributed by atoms with van der Waals surface area (Å²) in [6, 6.07) is 9.09. The highest BCUT2D eigenvalue weighted by Crippen LogP contribution is 2.33. The quantitative estimate of drug-likeness (QED) is 0.431. The van der Waals surface area contributed by atoms with E-state index in [0.29, 0.717) is 6.20 Å². The molecule has 2 aromatic carbocycles. The number of aromatic nitrogens is 1. The summed E-state index contributed by atoms with van der Waals surface area (Å²) >= 11 is 0. The molecule has 0 unspecified atom stereocenters. The van der Waals surface area contributed by atoms with Crippen molar-refractivity contribution in [2.24, 2.45) is 0 Å². The van der Waals surface area contributed by atoms with Gasteiger partial charge < -0.3 is 15.2 Å². The van der Waals surface area contributed by atoms with E-state index in [9.17, 15) is 32.3 Å². The maximum absolute atomic E-state index is 14.7. The van der Waals surface area contributed by atoms with E-state index < -0.39 is 35.0 Å². The molecule has 1 amide bonds. The zero-order chi connectivity index (χ0) is 24.4. The number of ether oxygens (including phenoxy) is 1. The Hall–Kier alpha value is -3.69. The van der Waals surface area contributed by atoms with Crippen LogP contribution in [0.5, 0.6) is 5.75 Å². The van der Waals surface area contributed by atoms with Gasteiger partial charge in [-0.2, -0.15) is 13.2 Å². The van der Waals surface area contributed by atoms with Crippen LogP contribution in [0.4, 0.5) is 17.6 Å². The Labute approximate surface area is 193 Å². The van der Waals surface area contributed by atoms with Crippen LogP contribution in [0.1, 0.15) is 49.3 Å². The summed E-state index contributed by atoms with van der Waals surface area (Å²) < 4.78 is 58.7. The van der Waals surface area contributed by atoms with E-state index in [4.69, 9.17) is 4.74 Å². The van der Waals surface area contributed by atoms with Gasteiger partial charge >= 0.3 is 12.1 Å². The maximum atomic E-state index is 14.7. The van der Waals surface area contributed by atoms with Gasteiger partial charge in [0, 0.05) is 17.0 Å². The number of pyridine rings is 1. The average molecular weight is 480 g/mol. The first-order valence-electron chi connectivity index (χ1n) is 9.88. The normalized spacial score (nSPS) is 13.0. The van der Waals surface area contributed by atoms with Crippen LogP contribution >= 0.6 is 0 Å². The molecule has 0 aliphatic rings. The third kappa shape index (κ3) is 5.44. The van der Waals surface area contributed by atoms with Gasteiger partial charge in [0.05, 0.1) is 16.8 Å². The highest BCUT2D eigenvalue weighted by molar-refractivity contribution is 6.05. The Kier molecular flexibility index (Phi) is 7.86. The van der Waals surface area contributed by atoms with Gasteiger partial charge in [0.1, 0.15) is 23.7 Å². The highest BCUT2D eigenvalue weighted by atomic mass is 19.4. The summed E-state index contributed by atoms with van der Waals surface area (Å²) in [4.78, 5) is 28.3. The van der Waals surface area contributed by atoms with E-state index in [1.54, 1.807) is 19.1 Å². The maximum Gasteiger partial charge on any atom is 0.417 e. The number of amides is 1. The Balaban J connectivity index is 0.00000408. The molecule has 2 N–H and O–H groups in total. The van der Waals surface area contributed by atoms with Crippen LogP contribution in [-0.2, 0) is 17.6 Å². The number of carbonyl (C=O) groups excluding carboxylic acids is 1. The molecule has 0 aliphatic carbocycles. The smallest absolute Gasteiger partial charge is 0.417 e. The lowest BCUT2D eigenvalue weighted by molar-refractivity contribution is -0.144. The molecule has 0 spiro atoms. The number of rotatable bonds is 7. The average Bonchev–Trinajstić information content (AvgIpc) is 2.77. The standard InChI is InChI=1S/C23H20F4N2O4.CH4/c1-3-22(2,21(31)32)29-20(30)17-10-18(24)15-6-4-5-7-16(15)19(17)33-12-14-9-8-13(11-28-14)23(25,26)27;/h4-11H,3,12H2,1-2H3,(H,29,30)(H,31,32);1H4/t22-;/m1./s1. The lowest BCUT2D eigenvalue weighted by atomic mass is 9.97. The molecule has 0 radical (unpaired) electrons. The van der Waals surface area contributed by atoms with Gasteiger partial charge in [0.15, 0.2) is 0 Å². The Morgan fingerprint density at radius 2 is 1.76 bits per heavy atom. The van der Waals surface area contributed by atoms with E-state index in [1.165, 1.54) is 19.1 Å². The van der Waals surface area contributed by atoms with Gasteiger partial charge in [0.25, 0.3) is 5.91 Å². The fourth-order valence-electron chi connectivity index (χ4n) is 3.06. The van der Waals surface area contributed by atoms with Crippen LogP contribution in [-0.4, -0.2) is 27.5 Å². The van der Waals surface area contributed by atoms with E-state index in [2.05, 4.69) is 10.3 Å². The Morgan fingerprint density at radius 3 is 2.29 bits per heavy atom. The van der Waals surface area contributed by atoms with Gasteiger partial charge in [-0.1, -0.05) is 38.6 Å². The molecule has 34 heavy (non-hydrogen) atoms. The molecule has 1 aromatic heterocycles. The molecule has 3 rings (SSSR count). The van der Waals surface area contributed by atoms with Crippen LogP contribution in [0.2, 0.25) is 0 Å². The van der Waals surface area contributed by atoms with Crippen molar-refractivity contribution in [1.82, 2.24) is 10.3 Å². The molecule has 0 saturated heterocycles. The van der Waals surface area contributed by atoms with Crippen molar-refractivity contribution in [3.63, 3.8) is 0 Å². The van der Waals surface area contributed by atoms with Gasteiger partial charge in [-0.05, 0) is 31.5 Å². The minimum atomic E-state index is -4.54. The zero-order valence-corrected chi connectivity index (χ0v) is 17.7. The van der Waals surface area contributed by atoms with Crippen molar-refractivity contribution in [3.05, 3.63) is 71.3 Å². The molecule has 1 heterocycles. The SMILES string of the molecule is C.CC[C@@](C)(NC(=O)c1cc(F)c2ccccc2c1OCc1ccc(C(F)(F)F)cn1)C(=O)O. The van der Waals surface area contributed by atoms with Crippen LogP contribution in [0.3, 0.4) is 0 Å². The number of nitrogens with zero attached hydrogens (tertiary/aromatic N) is 1. The van der Waals surface area contributed by atoms with Crippen molar-refractivity contribution in [1.29, 1.82) is 0 Å². The summed E-state index contributed by atoms with van der Waals surface area (Å²) in [7, 11) is 0. The molecule has 0 aliphatic heterocycles. The van der Waals surface area contributed by atoms with Crippen LogP contribution in [0.25, 0.3) is 10.8 Å². The van der Waals surface area contributed by atoms with Crippen LogP contribution < -0.4 is 10.1 Å². The molecule has 10 heteroatoms. The second-order valence-corrected chi connectivity index (χ2v) is 7.55. The van der Waals surface area contributed by atoms with Gasteiger partial charge in [-0.25, -0.2) is 9.18 Å². The number of hydrogen-bond donors (Lipinski definition) is 2. The lowest BCUT2D eigenvalue weighted by Crippen LogP contribution is -2.51. The van der Waals surface area contributed by atoms with Crippen molar-refractivity contribution in [2.45, 2.75) is 46.0 Å². The first-order chi connectivity index (χ1) is 15.5. The van der Waals surface area contributed by atoms with Crippen molar-refractivity contribution >= 4 is 22.6 Å². The fourth-order valence-corrected chi connectivity index (χ4v) is 3.06. The van der Waals surface area contributed by atoms with Gasteiger partial charge in [-0.3, -0.25) is 9.78 Å². The minimum absolute atomic E-state index is 0. The summed E-state index contributed by atoms with van der Waals surface area (Å²) in [6.45, 7) is 2.58. The molecule has 0 fully saturated rings. The molecule has 0 saturated carbocycles. The number of alkyl halides is 3. The summed E-state index contributed by atoms with van der Waals surface area (Å²) in [6.07, 6.45) is -3.81. The number of carbonyl (C=O) groups is 2. The Bertz CT molecular complexity index is 1200. The number of aliphatic carboxylic acids is 1. The number of carboxylic acids is 1. The number of hydrogen-bond acceptors (Lipinski definition) is 4. The number of nitrogens with one attached hydrogen (secondary N) is 1. The molecule has 3 aromatic rings. The van der Waals surface area contributed by atoms with E-state index >= 15 is 0 Å². The molecule has 1 atom stereocenters. The summed E-state index contributed by atoms with van der Waals surface area (Å²) in [5, 5.41) is 12.2. The fraction of sp³-hybridized carbons (Fsp3) is 0.292. The predicted molar refractivity (Wildman–Crippen MR) is 118 cm³/mol. The van der Waals surface area contributed by atoms with Crippen LogP contribution in [0, 0.1) is 5.82 Å². The van der Waals surface area contributed by atoms with E-state index in [1.807, 2.05) is 0 Å². The number of halogens is 4. The number of benzene rings is 2. The van der Waals surface area contributed by atoms with Gasteiger partial charge in [0.2, 0.25) is 0 Å². The van der Waals surface area contributed by atoms with Crippen molar-refractivity contribution < 1.29 is 37.0 Å². The second kappa shape index (κ2) is 10.1. The van der Waals surface area contributed by atoms with E-state index in [-0.39, 0.29) is 48.2 Å². The second-order valence-electron chi connectivity index (χ2n) is 7.55. The number of carboxylic acid groups (broad SMARTS) is 1. The topological polar surface area (TPSA) is 88.5 Å². The summed E-state index contributed by atoms with van der Waals surface area (Å²) in [5.41, 5.74) is -2.64. The van der Waals surface area contributed by atoms with Gasteiger partial charge in [-0.15, -0.1) is 0 Å². The first kappa shape index (κ1) is 26.6. The van der Waals surface area contributed by atoms with Crippen LogP contribution in [0.15, 0.2) is 48.7 Å². The minimum Gasteiger partial charge on any atom is -0.486 e. The third-order valence-corrected chi connectivity index (χ3v) is 5.27. The monoisotopic (exact) mass is 480 g/mol. The molecule has 6 nitrogen and oxygen atoms in total. The highest BCUT2D eigenvalue weighted by Gasteiger charge is 2.34. The molecule has 182 valence electrons. The third-order valence-electron chi connectivity index (χ3n) is 5.27. The molecule has 0 bridgehead atoms. The zero-order valence-electron chi connectivity index (χ0n) is 17.7.